The summed E-state index contributed by atoms with van der Waals surface area (Å²) in [6.07, 6.45) is -0.799. The molecule has 0 radical (unpaired) electrons. The molecule has 0 aliphatic carbocycles. The zero-order chi connectivity index (χ0) is 15.4. The topological polar surface area (TPSA) is 56.0 Å². The van der Waals surface area contributed by atoms with Gasteiger partial charge in [0.2, 0.25) is 0 Å². The van der Waals surface area contributed by atoms with Crippen LogP contribution in [0.4, 0.5) is 4.39 Å². The molecule has 1 aromatic carbocycles. The number of benzene rings is 1. The van der Waals surface area contributed by atoms with Crippen molar-refractivity contribution in [3.8, 4) is 6.07 Å². The third-order valence-corrected chi connectivity index (χ3v) is 5.03. The highest BCUT2D eigenvalue weighted by Gasteiger charge is 2.14. The van der Waals surface area contributed by atoms with Gasteiger partial charge in [0.1, 0.15) is 16.8 Å². The number of hydrogen-bond donors (Lipinski definition) is 2. The molecule has 1 atom stereocenters. The second-order valence-corrected chi connectivity index (χ2v) is 6.56. The molecule has 0 saturated carbocycles. The van der Waals surface area contributed by atoms with Crippen LogP contribution in [0.1, 0.15) is 27.0 Å². The van der Waals surface area contributed by atoms with Crippen LogP contribution in [0.15, 0.2) is 28.7 Å². The summed E-state index contributed by atoms with van der Waals surface area (Å²) in [5, 5.41) is 22.1. The van der Waals surface area contributed by atoms with E-state index in [0.717, 1.165) is 10.4 Å². The number of hydrogen-bond acceptors (Lipinski definition) is 4. The van der Waals surface area contributed by atoms with Gasteiger partial charge in [-0.05, 0) is 46.1 Å². The Morgan fingerprint density at radius 3 is 2.95 bits per heavy atom. The van der Waals surface area contributed by atoms with Gasteiger partial charge >= 0.3 is 0 Å². The van der Waals surface area contributed by atoms with Gasteiger partial charge in [0, 0.05) is 18.0 Å². The predicted molar refractivity (Wildman–Crippen MR) is 84.5 cm³/mol. The minimum atomic E-state index is -0.799. The van der Waals surface area contributed by atoms with Crippen molar-refractivity contribution in [2.24, 2.45) is 0 Å². The van der Waals surface area contributed by atoms with Crippen LogP contribution in [0.25, 0.3) is 0 Å². The number of aliphatic hydroxyl groups is 1. The Bertz CT molecular complexity index is 681. The van der Waals surface area contributed by atoms with Gasteiger partial charge in [0.05, 0.1) is 10.6 Å². The number of nitrogens with one attached hydrogen (secondary N) is 1. The van der Waals surface area contributed by atoms with Crippen LogP contribution in [0.3, 0.4) is 0 Å². The first kappa shape index (κ1) is 16.1. The average molecular weight is 369 g/mol. The summed E-state index contributed by atoms with van der Waals surface area (Å²) >= 11 is 4.58. The first-order chi connectivity index (χ1) is 10.0. The van der Waals surface area contributed by atoms with E-state index in [2.05, 4.69) is 27.3 Å². The molecule has 0 spiro atoms. The lowest BCUT2D eigenvalue weighted by Crippen LogP contribution is -2.21. The van der Waals surface area contributed by atoms with E-state index in [1.807, 2.05) is 13.0 Å². The van der Waals surface area contributed by atoms with Gasteiger partial charge in [-0.2, -0.15) is 5.26 Å². The minimum Gasteiger partial charge on any atom is -0.387 e. The van der Waals surface area contributed by atoms with Crippen LogP contribution in [0.2, 0.25) is 0 Å². The Morgan fingerprint density at radius 1 is 1.52 bits per heavy atom. The standard InChI is InChI=1S/C15H14BrFN2OS/c1-9-5-10(21-14(9)6-18)7-19-8-13(20)11-3-2-4-12(17)15(11)16/h2-5,13,19-20H,7-8H2,1H3. The van der Waals surface area contributed by atoms with Crippen molar-refractivity contribution >= 4 is 27.3 Å². The summed E-state index contributed by atoms with van der Waals surface area (Å²) in [6.45, 7) is 2.77. The van der Waals surface area contributed by atoms with E-state index < -0.39 is 6.10 Å². The fourth-order valence-corrected chi connectivity index (χ4v) is 3.43. The molecule has 0 bridgehead atoms. The lowest BCUT2D eigenvalue weighted by atomic mass is 10.1. The first-order valence-electron chi connectivity index (χ1n) is 6.35. The van der Waals surface area contributed by atoms with Crippen LogP contribution in [0, 0.1) is 24.1 Å². The summed E-state index contributed by atoms with van der Waals surface area (Å²) in [5.41, 5.74) is 1.48. The van der Waals surface area contributed by atoms with Gasteiger partial charge in [-0.3, -0.25) is 0 Å². The van der Waals surface area contributed by atoms with Gasteiger partial charge in [0.15, 0.2) is 0 Å². The Labute approximate surface area is 135 Å². The maximum absolute atomic E-state index is 13.4. The molecule has 2 rings (SSSR count). The van der Waals surface area contributed by atoms with E-state index in [1.165, 1.54) is 17.4 Å². The molecule has 21 heavy (non-hydrogen) atoms. The van der Waals surface area contributed by atoms with Crippen molar-refractivity contribution in [1.29, 1.82) is 5.26 Å². The van der Waals surface area contributed by atoms with Gasteiger partial charge in [-0.15, -0.1) is 11.3 Å². The van der Waals surface area contributed by atoms with E-state index in [9.17, 15) is 9.50 Å². The molecular weight excluding hydrogens is 355 g/mol. The van der Waals surface area contributed by atoms with Gasteiger partial charge in [0.25, 0.3) is 0 Å². The molecule has 1 unspecified atom stereocenters. The maximum Gasteiger partial charge on any atom is 0.137 e. The first-order valence-corrected chi connectivity index (χ1v) is 7.96. The third-order valence-electron chi connectivity index (χ3n) is 3.05. The monoisotopic (exact) mass is 368 g/mol. The highest BCUT2D eigenvalue weighted by molar-refractivity contribution is 9.10. The molecule has 2 aromatic rings. The second-order valence-electron chi connectivity index (χ2n) is 4.63. The van der Waals surface area contributed by atoms with Crippen LogP contribution in [-0.2, 0) is 6.54 Å². The zero-order valence-corrected chi connectivity index (χ0v) is 13.8. The third kappa shape index (κ3) is 3.89. The molecule has 0 aliphatic heterocycles. The largest absolute Gasteiger partial charge is 0.387 e. The van der Waals surface area contributed by atoms with Crippen LogP contribution in [0.5, 0.6) is 0 Å². The molecule has 2 N–H and O–H groups in total. The van der Waals surface area contributed by atoms with Crippen molar-refractivity contribution in [1.82, 2.24) is 5.32 Å². The van der Waals surface area contributed by atoms with E-state index in [1.54, 1.807) is 12.1 Å². The quantitative estimate of drug-likeness (QED) is 0.846. The lowest BCUT2D eigenvalue weighted by Gasteiger charge is -2.13. The predicted octanol–water partition coefficient (Wildman–Crippen LogP) is 3.65. The van der Waals surface area contributed by atoms with E-state index in [4.69, 9.17) is 5.26 Å². The van der Waals surface area contributed by atoms with Gasteiger partial charge < -0.3 is 10.4 Å². The molecule has 6 heteroatoms. The minimum absolute atomic E-state index is 0.290. The number of aryl methyl sites for hydroxylation is 1. The van der Waals surface area contributed by atoms with E-state index in [-0.39, 0.29) is 10.3 Å². The summed E-state index contributed by atoms with van der Waals surface area (Å²) in [7, 11) is 0. The molecule has 110 valence electrons. The summed E-state index contributed by atoms with van der Waals surface area (Å²) in [6, 6.07) is 8.70. The van der Waals surface area contributed by atoms with Crippen molar-refractivity contribution in [3.05, 3.63) is 55.4 Å². The SMILES string of the molecule is Cc1cc(CNCC(O)c2cccc(F)c2Br)sc1C#N. The second kappa shape index (κ2) is 7.14. The highest BCUT2D eigenvalue weighted by atomic mass is 79.9. The average Bonchev–Trinajstić information content (AvgIpc) is 2.82. The number of rotatable bonds is 5. The molecule has 3 nitrogen and oxygen atoms in total. The fourth-order valence-electron chi connectivity index (χ4n) is 1.97. The van der Waals surface area contributed by atoms with Crippen molar-refractivity contribution in [2.75, 3.05) is 6.54 Å². The lowest BCUT2D eigenvalue weighted by molar-refractivity contribution is 0.173. The number of nitriles is 1. The summed E-state index contributed by atoms with van der Waals surface area (Å²) < 4.78 is 13.7. The summed E-state index contributed by atoms with van der Waals surface area (Å²) in [4.78, 5) is 1.75. The number of nitrogens with zero attached hydrogens (tertiary/aromatic N) is 1. The Hall–Kier alpha value is -1.26. The zero-order valence-electron chi connectivity index (χ0n) is 11.4. The Morgan fingerprint density at radius 2 is 2.29 bits per heavy atom. The van der Waals surface area contributed by atoms with Crippen molar-refractivity contribution in [2.45, 2.75) is 19.6 Å². The molecular formula is C15H14BrFN2OS. The molecule has 0 amide bonds. The molecule has 0 aliphatic rings. The fraction of sp³-hybridized carbons (Fsp3) is 0.267. The van der Waals surface area contributed by atoms with Gasteiger partial charge in [-0.25, -0.2) is 4.39 Å². The Balaban J connectivity index is 1.94. The summed E-state index contributed by atoms with van der Waals surface area (Å²) in [5.74, 6) is -0.390. The molecule has 0 saturated heterocycles. The van der Waals surface area contributed by atoms with Gasteiger partial charge in [-0.1, -0.05) is 12.1 Å². The number of halogens is 2. The van der Waals surface area contributed by atoms with E-state index >= 15 is 0 Å². The maximum atomic E-state index is 13.4. The van der Waals surface area contributed by atoms with Crippen LogP contribution < -0.4 is 5.32 Å². The van der Waals surface area contributed by atoms with Crippen LogP contribution >= 0.6 is 27.3 Å². The highest BCUT2D eigenvalue weighted by Crippen LogP contribution is 2.26. The Kier molecular flexibility index (Phi) is 5.48. The van der Waals surface area contributed by atoms with E-state index in [0.29, 0.717) is 23.5 Å². The van der Waals surface area contributed by atoms with Crippen molar-refractivity contribution in [3.63, 3.8) is 0 Å². The smallest absolute Gasteiger partial charge is 0.137 e. The van der Waals surface area contributed by atoms with Crippen molar-refractivity contribution < 1.29 is 9.50 Å². The van der Waals surface area contributed by atoms with Crippen LogP contribution in [-0.4, -0.2) is 11.7 Å². The molecule has 1 heterocycles. The molecule has 1 aromatic heterocycles. The number of thiophene rings is 1. The molecule has 0 fully saturated rings. The number of aliphatic hydroxyl groups excluding tert-OH is 1. The normalized spacial score (nSPS) is 12.1.